The maximum absolute atomic E-state index is 2.51. The van der Waals surface area contributed by atoms with Crippen LogP contribution >= 0.6 is 0 Å². The highest BCUT2D eigenvalue weighted by atomic mass is 15.1. The number of fused-ring (bicyclic) bond motifs is 12. The van der Waals surface area contributed by atoms with Gasteiger partial charge in [-0.05, 0) is 161 Å². The Hall–Kier alpha value is -9.24. The SMILES string of the molecule is CC1(C)c2ccccc2-c2ccc(N(c3ccc(-c4cc5ccccc5c5ccccc45)cc3)c3ccc4c(c3)c3cc(C5(c6ccccc6)c6ccccc6-c6ccccc65)ccc3n4-c3ccccc3)cc21. The smallest absolute Gasteiger partial charge is 0.0713 e. The number of anilines is 3. The fourth-order valence-corrected chi connectivity index (χ4v) is 13.3. The molecule has 0 atom stereocenters. The highest BCUT2D eigenvalue weighted by Gasteiger charge is 2.46. The van der Waals surface area contributed by atoms with Gasteiger partial charge < -0.3 is 9.47 Å². The zero-order valence-electron chi connectivity index (χ0n) is 41.3. The van der Waals surface area contributed by atoms with E-state index in [2.05, 4.69) is 290 Å². The minimum absolute atomic E-state index is 0.162. The van der Waals surface area contributed by atoms with Gasteiger partial charge in [-0.3, -0.25) is 0 Å². The topological polar surface area (TPSA) is 8.17 Å². The second kappa shape index (κ2) is 16.1. The van der Waals surface area contributed by atoms with E-state index in [0.29, 0.717) is 0 Å². The van der Waals surface area contributed by atoms with Crippen LogP contribution in [0.2, 0.25) is 0 Å². The molecule has 2 aliphatic carbocycles. The van der Waals surface area contributed by atoms with Crippen LogP contribution < -0.4 is 4.90 Å². The van der Waals surface area contributed by atoms with Crippen LogP contribution in [0.4, 0.5) is 17.1 Å². The van der Waals surface area contributed by atoms with Gasteiger partial charge in [-0.2, -0.15) is 0 Å². The third-order valence-electron chi connectivity index (χ3n) is 16.6. The Bertz CT molecular complexity index is 4340. The first-order valence-electron chi connectivity index (χ1n) is 25.9. The molecule has 13 aromatic rings. The second-order valence-electron chi connectivity index (χ2n) is 20.8. The van der Waals surface area contributed by atoms with Crippen LogP contribution in [0, 0.1) is 0 Å². The van der Waals surface area contributed by atoms with Crippen LogP contribution in [-0.4, -0.2) is 4.57 Å². The van der Waals surface area contributed by atoms with Crippen LogP contribution in [0.3, 0.4) is 0 Å². The van der Waals surface area contributed by atoms with Crippen molar-refractivity contribution in [2.24, 2.45) is 0 Å². The molecule has 0 unspecified atom stereocenters. The minimum Gasteiger partial charge on any atom is -0.310 e. The fourth-order valence-electron chi connectivity index (χ4n) is 13.3. The Balaban J connectivity index is 0.969. The lowest BCUT2D eigenvalue weighted by Gasteiger charge is -2.34. The van der Waals surface area contributed by atoms with Crippen molar-refractivity contribution in [2.45, 2.75) is 24.7 Å². The summed E-state index contributed by atoms with van der Waals surface area (Å²) in [4.78, 5) is 2.48. The summed E-state index contributed by atoms with van der Waals surface area (Å²) in [5.41, 5.74) is 21.6. The molecular weight excluding hydrogens is 893 g/mol. The Morgan fingerprint density at radius 1 is 0.311 bits per heavy atom. The average Bonchev–Trinajstić information content (AvgIpc) is 4.07. The molecule has 2 heteroatoms. The predicted molar refractivity (Wildman–Crippen MR) is 311 cm³/mol. The summed E-state index contributed by atoms with van der Waals surface area (Å²) < 4.78 is 2.45. The Kier molecular flexibility index (Phi) is 9.25. The van der Waals surface area contributed by atoms with Crippen molar-refractivity contribution < 1.29 is 0 Å². The summed E-state index contributed by atoms with van der Waals surface area (Å²) in [6.07, 6.45) is 0. The van der Waals surface area contributed by atoms with E-state index in [4.69, 9.17) is 0 Å². The summed E-state index contributed by atoms with van der Waals surface area (Å²) in [7, 11) is 0. The molecule has 2 aliphatic rings. The molecule has 0 fully saturated rings. The molecule has 1 heterocycles. The molecule has 0 bridgehead atoms. The highest BCUT2D eigenvalue weighted by Crippen LogP contribution is 2.57. The Labute approximate surface area is 431 Å². The zero-order valence-corrected chi connectivity index (χ0v) is 41.3. The van der Waals surface area contributed by atoms with Gasteiger partial charge in [0.2, 0.25) is 0 Å². The van der Waals surface area contributed by atoms with Crippen molar-refractivity contribution in [3.8, 4) is 39.1 Å². The van der Waals surface area contributed by atoms with Gasteiger partial charge in [0.1, 0.15) is 0 Å². The molecule has 0 N–H and O–H groups in total. The molecule has 0 saturated carbocycles. The molecule has 0 radical (unpaired) electrons. The number of para-hydroxylation sites is 1. The zero-order chi connectivity index (χ0) is 49.1. The van der Waals surface area contributed by atoms with Gasteiger partial charge in [0.05, 0.1) is 16.4 Å². The number of rotatable bonds is 7. The van der Waals surface area contributed by atoms with E-state index in [1.165, 1.54) is 105 Å². The van der Waals surface area contributed by atoms with E-state index >= 15 is 0 Å². The van der Waals surface area contributed by atoms with Gasteiger partial charge in [0.25, 0.3) is 0 Å². The van der Waals surface area contributed by atoms with E-state index < -0.39 is 5.41 Å². The van der Waals surface area contributed by atoms with E-state index in [0.717, 1.165) is 28.3 Å². The van der Waals surface area contributed by atoms with Crippen LogP contribution in [0.1, 0.15) is 47.2 Å². The molecule has 0 saturated heterocycles. The summed E-state index contributed by atoms with van der Waals surface area (Å²) in [6.45, 7) is 4.75. The van der Waals surface area contributed by atoms with E-state index in [1.54, 1.807) is 0 Å². The molecule has 12 aromatic carbocycles. The van der Waals surface area contributed by atoms with Crippen molar-refractivity contribution in [1.29, 1.82) is 0 Å². The third kappa shape index (κ3) is 6.06. The number of benzene rings is 12. The lowest BCUT2D eigenvalue weighted by Crippen LogP contribution is -2.28. The van der Waals surface area contributed by atoms with Gasteiger partial charge in [0, 0.05) is 38.9 Å². The molecule has 0 spiro atoms. The van der Waals surface area contributed by atoms with E-state index in [-0.39, 0.29) is 5.41 Å². The van der Waals surface area contributed by atoms with Crippen molar-refractivity contribution in [3.63, 3.8) is 0 Å². The first-order chi connectivity index (χ1) is 36.5. The standard InChI is InChI=1S/C72H50N2/c1-71(2)65-30-16-13-27-58(65)61-40-38-54(46-68(61)71)73(52-36-33-47(34-37-52)62-43-48-19-9-10-24-55(48)56-25-11-12-26-57(56)62)53-39-42-70-64(45-53)63-44-50(35-41-69(63)74(70)51-22-7-4-8-23-51)72(49-20-5-3-6-21-49)66-31-17-14-28-59(66)60-29-15-18-32-67(60)72/h3-46H,1-2H3. The predicted octanol–water partition coefficient (Wildman–Crippen LogP) is 18.9. The lowest BCUT2D eigenvalue weighted by atomic mass is 9.67. The molecular formula is C72H50N2. The van der Waals surface area contributed by atoms with Crippen LogP contribution in [0.5, 0.6) is 0 Å². The van der Waals surface area contributed by atoms with Gasteiger partial charge in [0.15, 0.2) is 0 Å². The summed E-state index contributed by atoms with van der Waals surface area (Å²) >= 11 is 0. The van der Waals surface area contributed by atoms with Crippen LogP contribution in [0.25, 0.3) is 82.4 Å². The normalized spacial score (nSPS) is 13.8. The van der Waals surface area contributed by atoms with Crippen LogP contribution in [-0.2, 0) is 10.8 Å². The highest BCUT2D eigenvalue weighted by molar-refractivity contribution is 6.14. The third-order valence-corrected chi connectivity index (χ3v) is 16.6. The molecule has 348 valence electrons. The molecule has 74 heavy (non-hydrogen) atoms. The Morgan fingerprint density at radius 3 is 1.54 bits per heavy atom. The summed E-state index contributed by atoms with van der Waals surface area (Å²) in [5, 5.41) is 7.47. The lowest BCUT2D eigenvalue weighted by molar-refractivity contribution is 0.660. The maximum atomic E-state index is 2.51. The quantitative estimate of drug-likeness (QED) is 0.145. The first-order valence-corrected chi connectivity index (χ1v) is 25.9. The van der Waals surface area contributed by atoms with Crippen molar-refractivity contribution in [2.75, 3.05) is 4.90 Å². The largest absolute Gasteiger partial charge is 0.310 e. The summed E-state index contributed by atoms with van der Waals surface area (Å²) in [5.74, 6) is 0. The van der Waals surface area contributed by atoms with Crippen molar-refractivity contribution in [3.05, 3.63) is 300 Å². The van der Waals surface area contributed by atoms with Crippen molar-refractivity contribution in [1.82, 2.24) is 4.57 Å². The number of hydrogen-bond acceptors (Lipinski definition) is 1. The van der Waals surface area contributed by atoms with E-state index in [1.807, 2.05) is 0 Å². The first kappa shape index (κ1) is 42.4. The minimum atomic E-state index is -0.527. The Morgan fingerprint density at radius 2 is 0.824 bits per heavy atom. The fraction of sp³-hybridized carbons (Fsp3) is 0.0556. The molecule has 15 rings (SSSR count). The van der Waals surface area contributed by atoms with Crippen LogP contribution in [0.15, 0.2) is 267 Å². The molecule has 0 amide bonds. The number of nitrogens with zero attached hydrogens (tertiary/aromatic N) is 2. The molecule has 0 aliphatic heterocycles. The number of hydrogen-bond donors (Lipinski definition) is 0. The second-order valence-corrected chi connectivity index (χ2v) is 20.8. The van der Waals surface area contributed by atoms with Gasteiger partial charge in [-0.1, -0.05) is 208 Å². The average molecular weight is 943 g/mol. The van der Waals surface area contributed by atoms with Crippen molar-refractivity contribution >= 4 is 60.4 Å². The van der Waals surface area contributed by atoms with Gasteiger partial charge in [-0.15, -0.1) is 0 Å². The molecule has 2 nitrogen and oxygen atoms in total. The van der Waals surface area contributed by atoms with Gasteiger partial charge in [-0.25, -0.2) is 0 Å². The maximum Gasteiger partial charge on any atom is 0.0713 e. The monoisotopic (exact) mass is 942 g/mol. The van der Waals surface area contributed by atoms with Gasteiger partial charge >= 0.3 is 0 Å². The summed E-state index contributed by atoms with van der Waals surface area (Å²) in [6, 6.07) is 99.8. The van der Waals surface area contributed by atoms with E-state index in [9.17, 15) is 0 Å². The number of aromatic nitrogens is 1. The molecule has 1 aromatic heterocycles.